The fourth-order valence-corrected chi connectivity index (χ4v) is 1.84. The molecule has 94 valence electrons. The highest BCUT2D eigenvalue weighted by atomic mass is 16.5. The molecule has 0 radical (unpaired) electrons. The Morgan fingerprint density at radius 1 is 1.11 bits per heavy atom. The van der Waals surface area contributed by atoms with Crippen LogP contribution in [0.15, 0.2) is 42.5 Å². The van der Waals surface area contributed by atoms with Crippen LogP contribution in [0.5, 0.6) is 0 Å². The summed E-state index contributed by atoms with van der Waals surface area (Å²) in [5, 5.41) is 0. The number of hydrogen-bond acceptors (Lipinski definition) is 2. The molecule has 0 unspecified atom stereocenters. The molecule has 3 heteroatoms. The van der Waals surface area contributed by atoms with E-state index in [1.54, 1.807) is 13.0 Å². The molecular weight excluding hydrogens is 226 g/mol. The highest BCUT2D eigenvalue weighted by molar-refractivity contribution is 5.87. The molecule has 1 aromatic heterocycles. The highest BCUT2D eigenvalue weighted by Crippen LogP contribution is 2.08. The first kappa shape index (κ1) is 12.4. The molecule has 18 heavy (non-hydrogen) atoms. The first-order valence-electron chi connectivity index (χ1n) is 6.18. The summed E-state index contributed by atoms with van der Waals surface area (Å²) < 4.78 is 4.93. The molecule has 0 aliphatic heterocycles. The van der Waals surface area contributed by atoms with E-state index in [-0.39, 0.29) is 5.97 Å². The molecule has 3 nitrogen and oxygen atoms in total. The summed E-state index contributed by atoms with van der Waals surface area (Å²) in [6.07, 6.45) is 1.85. The SMILES string of the molecule is CCOC(=O)c1ccc(CCc2ccccc2)[nH]1. The van der Waals surface area contributed by atoms with Crippen molar-refractivity contribution in [3.05, 3.63) is 59.4 Å². The number of ether oxygens (including phenoxy) is 1. The minimum Gasteiger partial charge on any atom is -0.461 e. The molecule has 0 aliphatic rings. The van der Waals surface area contributed by atoms with Crippen molar-refractivity contribution in [1.29, 1.82) is 0 Å². The molecule has 0 spiro atoms. The Kier molecular flexibility index (Phi) is 4.18. The van der Waals surface area contributed by atoms with Gasteiger partial charge in [0.2, 0.25) is 0 Å². The van der Waals surface area contributed by atoms with Gasteiger partial charge in [-0.15, -0.1) is 0 Å². The number of aromatic amines is 1. The average molecular weight is 243 g/mol. The highest BCUT2D eigenvalue weighted by Gasteiger charge is 2.08. The van der Waals surface area contributed by atoms with Crippen molar-refractivity contribution < 1.29 is 9.53 Å². The fraction of sp³-hybridized carbons (Fsp3) is 0.267. The summed E-state index contributed by atoms with van der Waals surface area (Å²) in [7, 11) is 0. The van der Waals surface area contributed by atoms with E-state index in [1.807, 2.05) is 24.3 Å². The number of carbonyl (C=O) groups excluding carboxylic acids is 1. The van der Waals surface area contributed by atoms with Crippen molar-refractivity contribution in [2.45, 2.75) is 19.8 Å². The van der Waals surface area contributed by atoms with Crippen LogP contribution in [-0.2, 0) is 17.6 Å². The van der Waals surface area contributed by atoms with Crippen molar-refractivity contribution in [1.82, 2.24) is 4.98 Å². The predicted molar refractivity (Wildman–Crippen MR) is 70.6 cm³/mol. The van der Waals surface area contributed by atoms with Gasteiger partial charge in [-0.1, -0.05) is 30.3 Å². The van der Waals surface area contributed by atoms with Crippen LogP contribution in [0.4, 0.5) is 0 Å². The fourth-order valence-electron chi connectivity index (χ4n) is 1.84. The van der Waals surface area contributed by atoms with Crippen LogP contribution >= 0.6 is 0 Å². The molecule has 0 saturated carbocycles. The summed E-state index contributed by atoms with van der Waals surface area (Å²) in [4.78, 5) is 14.6. The normalized spacial score (nSPS) is 10.3. The number of carbonyl (C=O) groups is 1. The minimum atomic E-state index is -0.288. The molecule has 0 saturated heterocycles. The third-order valence-corrected chi connectivity index (χ3v) is 2.77. The van der Waals surface area contributed by atoms with Crippen molar-refractivity contribution in [2.24, 2.45) is 0 Å². The number of nitrogens with one attached hydrogen (secondary N) is 1. The van der Waals surface area contributed by atoms with Gasteiger partial charge in [-0.05, 0) is 37.5 Å². The van der Waals surface area contributed by atoms with Gasteiger partial charge in [0.1, 0.15) is 5.69 Å². The summed E-state index contributed by atoms with van der Waals surface area (Å²) in [6, 6.07) is 14.0. The smallest absolute Gasteiger partial charge is 0.354 e. The van der Waals surface area contributed by atoms with Gasteiger partial charge in [0, 0.05) is 5.69 Å². The van der Waals surface area contributed by atoms with Crippen LogP contribution in [-0.4, -0.2) is 17.6 Å². The monoisotopic (exact) mass is 243 g/mol. The van der Waals surface area contributed by atoms with Crippen LogP contribution in [0.3, 0.4) is 0 Å². The van der Waals surface area contributed by atoms with Crippen molar-refractivity contribution in [3.8, 4) is 0 Å². The maximum absolute atomic E-state index is 11.5. The Morgan fingerprint density at radius 3 is 2.61 bits per heavy atom. The summed E-state index contributed by atoms with van der Waals surface area (Å²) in [6.45, 7) is 2.20. The lowest BCUT2D eigenvalue weighted by Gasteiger charge is -2.00. The molecule has 0 atom stereocenters. The number of esters is 1. The molecule has 0 bridgehead atoms. The number of rotatable bonds is 5. The molecule has 2 rings (SSSR count). The Labute approximate surface area is 107 Å². The van der Waals surface area contributed by atoms with E-state index >= 15 is 0 Å². The van der Waals surface area contributed by atoms with Crippen LogP contribution in [0.2, 0.25) is 0 Å². The van der Waals surface area contributed by atoms with Crippen molar-refractivity contribution in [2.75, 3.05) is 6.61 Å². The van der Waals surface area contributed by atoms with E-state index in [4.69, 9.17) is 4.74 Å². The van der Waals surface area contributed by atoms with Gasteiger partial charge in [0.25, 0.3) is 0 Å². The summed E-state index contributed by atoms with van der Waals surface area (Å²) in [5.74, 6) is -0.288. The molecule has 0 aliphatic carbocycles. The average Bonchev–Trinajstić information content (AvgIpc) is 2.87. The third kappa shape index (κ3) is 3.23. The van der Waals surface area contributed by atoms with Gasteiger partial charge in [-0.2, -0.15) is 0 Å². The lowest BCUT2D eigenvalue weighted by Crippen LogP contribution is -2.05. The van der Waals surface area contributed by atoms with E-state index in [9.17, 15) is 4.79 Å². The Balaban J connectivity index is 1.93. The number of H-pyrrole nitrogens is 1. The van der Waals surface area contributed by atoms with Crippen LogP contribution in [0.25, 0.3) is 0 Å². The van der Waals surface area contributed by atoms with Gasteiger partial charge in [-0.25, -0.2) is 4.79 Å². The van der Waals surface area contributed by atoms with E-state index in [0.29, 0.717) is 12.3 Å². The maximum Gasteiger partial charge on any atom is 0.354 e. The van der Waals surface area contributed by atoms with Gasteiger partial charge >= 0.3 is 5.97 Å². The molecule has 1 heterocycles. The van der Waals surface area contributed by atoms with E-state index in [0.717, 1.165) is 18.5 Å². The summed E-state index contributed by atoms with van der Waals surface area (Å²) >= 11 is 0. The Morgan fingerprint density at radius 2 is 1.89 bits per heavy atom. The standard InChI is InChI=1S/C15H17NO2/c1-2-18-15(17)14-11-10-13(16-14)9-8-12-6-4-3-5-7-12/h3-7,10-11,16H,2,8-9H2,1H3. The molecule has 0 fully saturated rings. The Hall–Kier alpha value is -2.03. The topological polar surface area (TPSA) is 42.1 Å². The van der Waals surface area contributed by atoms with Gasteiger partial charge in [0.15, 0.2) is 0 Å². The minimum absolute atomic E-state index is 0.288. The number of aryl methyl sites for hydroxylation is 2. The largest absolute Gasteiger partial charge is 0.461 e. The van der Waals surface area contributed by atoms with Gasteiger partial charge in [-0.3, -0.25) is 0 Å². The molecule has 1 aromatic carbocycles. The first-order chi connectivity index (χ1) is 8.79. The zero-order valence-corrected chi connectivity index (χ0v) is 10.5. The lowest BCUT2D eigenvalue weighted by molar-refractivity contribution is 0.0520. The molecule has 1 N–H and O–H groups in total. The summed E-state index contributed by atoms with van der Waals surface area (Å²) in [5.41, 5.74) is 2.88. The third-order valence-electron chi connectivity index (χ3n) is 2.77. The Bertz CT molecular complexity index is 502. The van der Waals surface area contributed by atoms with E-state index < -0.39 is 0 Å². The van der Waals surface area contributed by atoms with Crippen molar-refractivity contribution in [3.63, 3.8) is 0 Å². The lowest BCUT2D eigenvalue weighted by atomic mass is 10.1. The second kappa shape index (κ2) is 6.05. The number of hydrogen-bond donors (Lipinski definition) is 1. The predicted octanol–water partition coefficient (Wildman–Crippen LogP) is 2.98. The number of benzene rings is 1. The van der Waals surface area contributed by atoms with Gasteiger partial charge < -0.3 is 9.72 Å². The van der Waals surface area contributed by atoms with Crippen molar-refractivity contribution >= 4 is 5.97 Å². The first-order valence-corrected chi connectivity index (χ1v) is 6.18. The zero-order valence-electron chi connectivity index (χ0n) is 10.5. The zero-order chi connectivity index (χ0) is 12.8. The van der Waals surface area contributed by atoms with E-state index in [2.05, 4.69) is 17.1 Å². The molecule has 0 amide bonds. The van der Waals surface area contributed by atoms with E-state index in [1.165, 1.54) is 5.56 Å². The molecular formula is C15H17NO2. The van der Waals surface area contributed by atoms with Crippen LogP contribution < -0.4 is 0 Å². The van der Waals surface area contributed by atoms with Crippen LogP contribution in [0.1, 0.15) is 28.7 Å². The number of aromatic nitrogens is 1. The second-order valence-electron chi connectivity index (χ2n) is 4.10. The molecule has 2 aromatic rings. The van der Waals surface area contributed by atoms with Crippen LogP contribution in [0, 0.1) is 0 Å². The van der Waals surface area contributed by atoms with Gasteiger partial charge in [0.05, 0.1) is 6.61 Å². The quantitative estimate of drug-likeness (QED) is 0.820. The second-order valence-corrected chi connectivity index (χ2v) is 4.10. The maximum atomic E-state index is 11.5.